The quantitative estimate of drug-likeness (QED) is 0.440. The standard InChI is InChI=1S/C20H17FIN/c1-13(2)19-16-5-3-4-6-18(16)23-20(17(19)11-12-22)14-7-9-15(21)10-8-14/h3-13H,1-2H3. The molecule has 23 heavy (non-hydrogen) atoms. The van der Waals surface area contributed by atoms with Crippen molar-refractivity contribution in [3.05, 3.63) is 69.6 Å². The predicted octanol–water partition coefficient (Wildman–Crippen LogP) is 6.57. The van der Waals surface area contributed by atoms with Crippen LogP contribution < -0.4 is 0 Å². The summed E-state index contributed by atoms with van der Waals surface area (Å²) in [5.74, 6) is 0.134. The summed E-state index contributed by atoms with van der Waals surface area (Å²) >= 11 is 2.23. The maximum absolute atomic E-state index is 13.3. The number of nitrogens with zero attached hydrogens (tertiary/aromatic N) is 1. The number of halogens is 2. The molecule has 0 spiro atoms. The molecule has 0 aliphatic rings. The molecule has 0 atom stereocenters. The lowest BCUT2D eigenvalue weighted by Crippen LogP contribution is -2.00. The third-order valence-corrected chi connectivity index (χ3v) is 4.26. The number of hydrogen-bond donors (Lipinski definition) is 0. The van der Waals surface area contributed by atoms with Crippen LogP contribution in [0, 0.1) is 5.82 Å². The van der Waals surface area contributed by atoms with Gasteiger partial charge in [-0.15, -0.1) is 0 Å². The number of para-hydroxylation sites is 1. The van der Waals surface area contributed by atoms with Gasteiger partial charge in [0.15, 0.2) is 0 Å². The van der Waals surface area contributed by atoms with E-state index in [0.717, 1.165) is 22.3 Å². The summed E-state index contributed by atoms with van der Waals surface area (Å²) in [5, 5.41) is 1.18. The van der Waals surface area contributed by atoms with Crippen LogP contribution >= 0.6 is 22.6 Å². The average Bonchev–Trinajstić information content (AvgIpc) is 2.55. The Morgan fingerprint density at radius 3 is 2.39 bits per heavy atom. The molecule has 0 aliphatic heterocycles. The Balaban J connectivity index is 2.40. The van der Waals surface area contributed by atoms with Crippen LogP contribution in [0.25, 0.3) is 28.2 Å². The van der Waals surface area contributed by atoms with Gasteiger partial charge in [-0.3, -0.25) is 0 Å². The Bertz CT molecular complexity index is 867. The molecule has 1 aromatic heterocycles. The molecule has 0 fully saturated rings. The van der Waals surface area contributed by atoms with Gasteiger partial charge < -0.3 is 0 Å². The molecule has 0 aliphatic carbocycles. The predicted molar refractivity (Wildman–Crippen MR) is 104 cm³/mol. The SMILES string of the molecule is CC(C)c1c(C=CI)c(-c2ccc(F)cc2)nc2ccccc12. The van der Waals surface area contributed by atoms with Crippen LogP contribution in [-0.2, 0) is 0 Å². The second-order valence-electron chi connectivity index (χ2n) is 5.76. The van der Waals surface area contributed by atoms with Gasteiger partial charge in [0.05, 0.1) is 11.2 Å². The molecule has 1 nitrogen and oxygen atoms in total. The van der Waals surface area contributed by atoms with Gasteiger partial charge in [-0.1, -0.05) is 54.6 Å². The van der Waals surface area contributed by atoms with E-state index in [2.05, 4.69) is 48.6 Å². The van der Waals surface area contributed by atoms with E-state index in [1.54, 1.807) is 12.1 Å². The molecule has 0 N–H and O–H groups in total. The molecule has 116 valence electrons. The summed E-state index contributed by atoms with van der Waals surface area (Å²) in [5.41, 5.74) is 5.20. The molecule has 2 aromatic carbocycles. The van der Waals surface area contributed by atoms with E-state index in [-0.39, 0.29) is 5.82 Å². The first-order valence-electron chi connectivity index (χ1n) is 7.57. The largest absolute Gasteiger partial charge is 0.247 e. The summed E-state index contributed by atoms with van der Waals surface area (Å²) in [4.78, 5) is 4.86. The number of fused-ring (bicyclic) bond motifs is 1. The van der Waals surface area contributed by atoms with E-state index in [9.17, 15) is 4.39 Å². The van der Waals surface area contributed by atoms with Crippen molar-refractivity contribution in [3.63, 3.8) is 0 Å². The van der Waals surface area contributed by atoms with Gasteiger partial charge in [0.25, 0.3) is 0 Å². The Morgan fingerprint density at radius 1 is 1.04 bits per heavy atom. The molecule has 0 bridgehead atoms. The van der Waals surface area contributed by atoms with Gasteiger partial charge in [-0.25, -0.2) is 9.37 Å². The van der Waals surface area contributed by atoms with E-state index in [0.29, 0.717) is 5.92 Å². The lowest BCUT2D eigenvalue weighted by molar-refractivity contribution is 0.628. The molecule has 0 saturated heterocycles. The number of benzene rings is 2. The first kappa shape index (κ1) is 16.1. The minimum atomic E-state index is -0.232. The van der Waals surface area contributed by atoms with Crippen molar-refractivity contribution in [3.8, 4) is 11.3 Å². The van der Waals surface area contributed by atoms with E-state index in [1.165, 1.54) is 23.1 Å². The lowest BCUT2D eigenvalue weighted by Gasteiger charge is -2.18. The molecule has 3 rings (SSSR count). The highest BCUT2D eigenvalue weighted by atomic mass is 127. The van der Waals surface area contributed by atoms with Crippen molar-refractivity contribution in [2.45, 2.75) is 19.8 Å². The van der Waals surface area contributed by atoms with E-state index < -0.39 is 0 Å². The molecule has 0 unspecified atom stereocenters. The molecule has 0 saturated carbocycles. The average molecular weight is 417 g/mol. The topological polar surface area (TPSA) is 12.9 Å². The number of pyridine rings is 1. The number of rotatable bonds is 3. The van der Waals surface area contributed by atoms with Crippen molar-refractivity contribution in [2.75, 3.05) is 0 Å². The third kappa shape index (κ3) is 3.15. The van der Waals surface area contributed by atoms with Gasteiger partial charge in [0.2, 0.25) is 0 Å². The fraction of sp³-hybridized carbons (Fsp3) is 0.150. The minimum Gasteiger partial charge on any atom is -0.247 e. The zero-order valence-electron chi connectivity index (χ0n) is 13.1. The maximum atomic E-state index is 13.3. The Kier molecular flexibility index (Phi) is 4.76. The van der Waals surface area contributed by atoms with E-state index >= 15 is 0 Å². The normalized spacial score (nSPS) is 11.7. The van der Waals surface area contributed by atoms with Crippen molar-refractivity contribution in [1.82, 2.24) is 4.98 Å². The molecule has 0 amide bonds. The maximum Gasteiger partial charge on any atom is 0.123 e. The van der Waals surface area contributed by atoms with Crippen LogP contribution in [0.3, 0.4) is 0 Å². The summed E-state index contributed by atoms with van der Waals surface area (Å²) in [6, 6.07) is 14.8. The smallest absolute Gasteiger partial charge is 0.123 e. The minimum absolute atomic E-state index is 0.232. The van der Waals surface area contributed by atoms with Gasteiger partial charge in [0.1, 0.15) is 5.82 Å². The Labute approximate surface area is 149 Å². The van der Waals surface area contributed by atoms with Crippen molar-refractivity contribution < 1.29 is 4.39 Å². The Morgan fingerprint density at radius 2 is 1.74 bits per heavy atom. The molecular weight excluding hydrogens is 400 g/mol. The van der Waals surface area contributed by atoms with Gasteiger partial charge >= 0.3 is 0 Å². The van der Waals surface area contributed by atoms with Crippen LogP contribution in [0.5, 0.6) is 0 Å². The fourth-order valence-corrected chi connectivity index (χ4v) is 3.29. The summed E-state index contributed by atoms with van der Waals surface area (Å²) in [7, 11) is 0. The van der Waals surface area contributed by atoms with Crippen LogP contribution in [0.4, 0.5) is 4.39 Å². The van der Waals surface area contributed by atoms with Crippen molar-refractivity contribution in [2.24, 2.45) is 0 Å². The van der Waals surface area contributed by atoms with Crippen molar-refractivity contribution in [1.29, 1.82) is 0 Å². The van der Waals surface area contributed by atoms with Gasteiger partial charge in [-0.05, 0) is 52.0 Å². The highest BCUT2D eigenvalue weighted by molar-refractivity contribution is 14.1. The highest BCUT2D eigenvalue weighted by Crippen LogP contribution is 2.35. The van der Waals surface area contributed by atoms with Crippen LogP contribution in [0.1, 0.15) is 30.9 Å². The summed E-state index contributed by atoms with van der Waals surface area (Å²) < 4.78 is 15.3. The fourth-order valence-electron chi connectivity index (χ4n) is 2.93. The molecule has 0 radical (unpaired) electrons. The third-order valence-electron chi connectivity index (χ3n) is 3.90. The van der Waals surface area contributed by atoms with Crippen molar-refractivity contribution >= 4 is 39.6 Å². The number of hydrogen-bond acceptors (Lipinski definition) is 1. The molecule has 3 aromatic rings. The van der Waals surface area contributed by atoms with Crippen LogP contribution in [-0.4, -0.2) is 4.98 Å². The first-order valence-corrected chi connectivity index (χ1v) is 8.81. The first-order chi connectivity index (χ1) is 11.1. The zero-order valence-corrected chi connectivity index (χ0v) is 15.2. The molecule has 3 heteroatoms. The second kappa shape index (κ2) is 6.79. The van der Waals surface area contributed by atoms with E-state index in [4.69, 9.17) is 4.98 Å². The second-order valence-corrected chi connectivity index (χ2v) is 6.48. The van der Waals surface area contributed by atoms with Gasteiger partial charge in [0, 0.05) is 16.5 Å². The number of aromatic nitrogens is 1. The summed E-state index contributed by atoms with van der Waals surface area (Å²) in [6.45, 7) is 4.39. The summed E-state index contributed by atoms with van der Waals surface area (Å²) in [6.07, 6.45) is 2.09. The van der Waals surface area contributed by atoms with E-state index in [1.807, 2.05) is 22.3 Å². The monoisotopic (exact) mass is 417 g/mol. The Hall–Kier alpha value is -1.75. The zero-order chi connectivity index (χ0) is 16.4. The van der Waals surface area contributed by atoms with Crippen LogP contribution in [0.15, 0.2) is 52.6 Å². The molecular formula is C20H17FIN. The molecule has 1 heterocycles. The highest BCUT2D eigenvalue weighted by Gasteiger charge is 2.16. The van der Waals surface area contributed by atoms with Crippen LogP contribution in [0.2, 0.25) is 0 Å². The van der Waals surface area contributed by atoms with Gasteiger partial charge in [-0.2, -0.15) is 0 Å². The lowest BCUT2D eigenvalue weighted by atomic mass is 9.90.